The summed E-state index contributed by atoms with van der Waals surface area (Å²) in [5, 5.41) is 4.60. The maximum atomic E-state index is 12.3. The van der Waals surface area contributed by atoms with E-state index in [-0.39, 0.29) is 11.3 Å². The molecule has 1 aromatic heterocycles. The third-order valence-corrected chi connectivity index (χ3v) is 3.21. The lowest BCUT2D eigenvalue weighted by Crippen LogP contribution is -2.16. The van der Waals surface area contributed by atoms with E-state index < -0.39 is 11.6 Å². The minimum Gasteiger partial charge on any atom is -0.422 e. The van der Waals surface area contributed by atoms with E-state index in [2.05, 4.69) is 5.16 Å². The first-order valence-corrected chi connectivity index (χ1v) is 6.99. The van der Waals surface area contributed by atoms with Crippen molar-refractivity contribution in [3.05, 3.63) is 82.2 Å². The van der Waals surface area contributed by atoms with Crippen molar-refractivity contribution in [3.63, 3.8) is 0 Å². The molecule has 0 saturated carbocycles. The normalized spacial score (nSPS) is 11.4. The van der Waals surface area contributed by atoms with E-state index in [0.29, 0.717) is 11.1 Å². The van der Waals surface area contributed by atoms with Gasteiger partial charge in [-0.05, 0) is 12.1 Å². The van der Waals surface area contributed by atoms with Gasteiger partial charge in [0.1, 0.15) is 11.3 Å². The van der Waals surface area contributed by atoms with Gasteiger partial charge in [-0.2, -0.15) is 0 Å². The van der Waals surface area contributed by atoms with Gasteiger partial charge < -0.3 is 9.25 Å². The molecule has 5 heteroatoms. The van der Waals surface area contributed by atoms with E-state index >= 15 is 0 Å². The first kappa shape index (κ1) is 14.7. The van der Waals surface area contributed by atoms with Crippen molar-refractivity contribution in [2.24, 2.45) is 5.16 Å². The number of fused-ring (bicyclic) bond motifs is 1. The Balaban J connectivity index is 2.21. The van der Waals surface area contributed by atoms with Gasteiger partial charge in [-0.25, -0.2) is 9.59 Å². The second-order valence-corrected chi connectivity index (χ2v) is 4.87. The van der Waals surface area contributed by atoms with Crippen molar-refractivity contribution in [3.8, 4) is 0 Å². The van der Waals surface area contributed by atoms with Crippen LogP contribution >= 0.6 is 0 Å². The van der Waals surface area contributed by atoms with E-state index in [1.807, 2.05) is 18.2 Å². The zero-order valence-electron chi connectivity index (χ0n) is 12.4. The summed E-state index contributed by atoms with van der Waals surface area (Å²) >= 11 is 0. The van der Waals surface area contributed by atoms with Crippen molar-refractivity contribution in [1.82, 2.24) is 0 Å². The van der Waals surface area contributed by atoms with Gasteiger partial charge in [0.15, 0.2) is 0 Å². The van der Waals surface area contributed by atoms with E-state index in [1.54, 1.807) is 42.5 Å². The maximum absolute atomic E-state index is 12.3. The number of oxime groups is 1. The van der Waals surface area contributed by atoms with E-state index in [4.69, 9.17) is 9.25 Å². The number of nitrogens with zero attached hydrogens (tertiary/aromatic N) is 1. The fourth-order valence-electron chi connectivity index (χ4n) is 2.19. The van der Waals surface area contributed by atoms with E-state index in [0.717, 1.165) is 5.39 Å². The average molecular weight is 307 g/mol. The van der Waals surface area contributed by atoms with Crippen LogP contribution in [0.4, 0.5) is 0 Å². The van der Waals surface area contributed by atoms with Gasteiger partial charge in [0.25, 0.3) is 0 Å². The Kier molecular flexibility index (Phi) is 4.01. The van der Waals surface area contributed by atoms with E-state index in [9.17, 15) is 9.59 Å². The molecule has 0 N–H and O–H groups in total. The lowest BCUT2D eigenvalue weighted by atomic mass is 10.0. The Bertz CT molecular complexity index is 942. The van der Waals surface area contributed by atoms with Gasteiger partial charge in [-0.15, -0.1) is 0 Å². The van der Waals surface area contributed by atoms with Gasteiger partial charge in [0.05, 0.1) is 5.56 Å². The number of rotatable bonds is 3. The number of carbonyl (C=O) groups is 1. The van der Waals surface area contributed by atoms with Gasteiger partial charge in [0, 0.05) is 17.9 Å². The SMILES string of the molecule is CC(=O)O/N=C(\c1ccccc1)c1cc2ccccc2oc1=O. The molecule has 0 unspecified atom stereocenters. The Labute approximate surface area is 131 Å². The average Bonchev–Trinajstić information content (AvgIpc) is 2.56. The molecule has 0 spiro atoms. The molecule has 0 fully saturated rings. The second-order valence-electron chi connectivity index (χ2n) is 4.87. The predicted molar refractivity (Wildman–Crippen MR) is 86.3 cm³/mol. The van der Waals surface area contributed by atoms with Crippen LogP contribution in [0.3, 0.4) is 0 Å². The van der Waals surface area contributed by atoms with Crippen molar-refractivity contribution < 1.29 is 14.0 Å². The highest BCUT2D eigenvalue weighted by Gasteiger charge is 2.15. The molecule has 1 heterocycles. The molecular formula is C18H13NO4. The van der Waals surface area contributed by atoms with Gasteiger partial charge in [-0.1, -0.05) is 53.7 Å². The van der Waals surface area contributed by atoms with E-state index in [1.165, 1.54) is 6.92 Å². The molecule has 0 saturated heterocycles. The molecule has 3 rings (SSSR count). The first-order chi connectivity index (χ1) is 11.1. The number of hydrogen-bond donors (Lipinski definition) is 0. The highest BCUT2D eigenvalue weighted by Crippen LogP contribution is 2.16. The van der Waals surface area contributed by atoms with Crippen molar-refractivity contribution >= 4 is 22.7 Å². The van der Waals surface area contributed by atoms with Crippen molar-refractivity contribution in [2.45, 2.75) is 6.92 Å². The van der Waals surface area contributed by atoms with Crippen LogP contribution in [0.15, 0.2) is 75.0 Å². The van der Waals surface area contributed by atoms with Crippen LogP contribution < -0.4 is 5.63 Å². The maximum Gasteiger partial charge on any atom is 0.345 e. The lowest BCUT2D eigenvalue weighted by Gasteiger charge is -2.06. The molecule has 114 valence electrons. The summed E-state index contributed by atoms with van der Waals surface area (Å²) in [5.74, 6) is -0.566. The van der Waals surface area contributed by atoms with Gasteiger partial charge >= 0.3 is 11.6 Å². The van der Waals surface area contributed by atoms with Crippen molar-refractivity contribution in [1.29, 1.82) is 0 Å². The summed E-state index contributed by atoms with van der Waals surface area (Å²) in [5.41, 5.74) is 1.08. The topological polar surface area (TPSA) is 68.9 Å². The molecule has 3 aromatic rings. The molecule has 0 atom stereocenters. The summed E-state index contributed by atoms with van der Waals surface area (Å²) in [6.07, 6.45) is 0. The monoisotopic (exact) mass is 307 g/mol. The highest BCUT2D eigenvalue weighted by atomic mass is 16.7. The summed E-state index contributed by atoms with van der Waals surface area (Å²) < 4.78 is 5.33. The Morgan fingerprint density at radius 1 is 1.04 bits per heavy atom. The largest absolute Gasteiger partial charge is 0.422 e. The van der Waals surface area contributed by atoms with Crippen LogP contribution in [-0.4, -0.2) is 11.7 Å². The van der Waals surface area contributed by atoms with Gasteiger partial charge in [-0.3, -0.25) is 0 Å². The third kappa shape index (κ3) is 3.18. The zero-order valence-corrected chi connectivity index (χ0v) is 12.4. The first-order valence-electron chi connectivity index (χ1n) is 6.99. The molecular weight excluding hydrogens is 294 g/mol. The Morgan fingerprint density at radius 3 is 2.48 bits per heavy atom. The predicted octanol–water partition coefficient (Wildman–Crippen LogP) is 3.11. The van der Waals surface area contributed by atoms with Crippen LogP contribution in [0.1, 0.15) is 18.1 Å². The lowest BCUT2D eigenvalue weighted by molar-refractivity contribution is -0.140. The second kappa shape index (κ2) is 6.27. The summed E-state index contributed by atoms with van der Waals surface area (Å²) in [7, 11) is 0. The smallest absolute Gasteiger partial charge is 0.345 e. The fraction of sp³-hybridized carbons (Fsp3) is 0.0556. The molecule has 0 radical (unpaired) electrons. The molecule has 0 bridgehead atoms. The number of hydrogen-bond acceptors (Lipinski definition) is 5. The Hall–Kier alpha value is -3.21. The highest BCUT2D eigenvalue weighted by molar-refractivity contribution is 6.13. The minimum absolute atomic E-state index is 0.233. The Morgan fingerprint density at radius 2 is 1.74 bits per heavy atom. The molecule has 0 amide bonds. The summed E-state index contributed by atoms with van der Waals surface area (Å²) in [4.78, 5) is 28.1. The van der Waals surface area contributed by atoms with Crippen LogP contribution in [0, 0.1) is 0 Å². The molecule has 0 aliphatic heterocycles. The standard InChI is InChI=1S/C18H13NO4/c1-12(20)23-19-17(13-7-3-2-4-8-13)15-11-14-9-5-6-10-16(14)22-18(15)21/h2-11H,1H3/b19-17+. The van der Waals surface area contributed by atoms with Crippen LogP contribution in [0.2, 0.25) is 0 Å². The molecule has 0 aliphatic carbocycles. The number of benzene rings is 2. The van der Waals surface area contributed by atoms with Crippen LogP contribution in [0.5, 0.6) is 0 Å². The van der Waals surface area contributed by atoms with Gasteiger partial charge in [0.2, 0.25) is 0 Å². The molecule has 2 aromatic carbocycles. The number of carbonyl (C=O) groups excluding carboxylic acids is 1. The fourth-order valence-corrected chi connectivity index (χ4v) is 2.19. The number of para-hydroxylation sites is 1. The molecule has 23 heavy (non-hydrogen) atoms. The quantitative estimate of drug-likeness (QED) is 0.323. The molecule has 0 aliphatic rings. The molecule has 5 nitrogen and oxygen atoms in total. The minimum atomic E-state index is -0.566. The summed E-state index contributed by atoms with van der Waals surface area (Å²) in [6.45, 7) is 1.25. The van der Waals surface area contributed by atoms with Crippen molar-refractivity contribution in [2.75, 3.05) is 0 Å². The third-order valence-electron chi connectivity index (χ3n) is 3.21. The van der Waals surface area contributed by atoms with Crippen LogP contribution in [0.25, 0.3) is 11.0 Å². The summed E-state index contributed by atoms with van der Waals surface area (Å²) in [6, 6.07) is 17.9. The van der Waals surface area contributed by atoms with Crippen LogP contribution in [-0.2, 0) is 9.63 Å². The zero-order chi connectivity index (χ0) is 16.2.